The van der Waals surface area contributed by atoms with E-state index in [4.69, 9.17) is 9.47 Å². The van der Waals surface area contributed by atoms with E-state index in [1.54, 1.807) is 0 Å². The van der Waals surface area contributed by atoms with E-state index < -0.39 is 5.79 Å². The molecule has 1 spiro atoms. The summed E-state index contributed by atoms with van der Waals surface area (Å²) in [6, 6.07) is 5.78. The molecule has 1 unspecified atom stereocenters. The third-order valence-corrected chi connectivity index (χ3v) is 7.34. The minimum absolute atomic E-state index is 0.00618. The summed E-state index contributed by atoms with van der Waals surface area (Å²) in [7, 11) is 2.20. The summed E-state index contributed by atoms with van der Waals surface area (Å²) >= 11 is 0. The quantitative estimate of drug-likeness (QED) is 0.805. The molecule has 1 aliphatic carbocycles. The minimum Gasteiger partial charge on any atom is -0.448 e. The van der Waals surface area contributed by atoms with Crippen LogP contribution in [0.15, 0.2) is 18.2 Å². The normalized spacial score (nSPS) is 26.8. The largest absolute Gasteiger partial charge is 0.448 e. The number of nitrogens with one attached hydrogen (secondary N) is 1. The van der Waals surface area contributed by atoms with Crippen LogP contribution in [0.4, 0.5) is 10.5 Å². The Kier molecular flexibility index (Phi) is 5.06. The molecule has 0 aromatic heterocycles. The molecule has 1 saturated carbocycles. The number of likely N-dealkylation sites (tertiary alicyclic amines) is 2. The Morgan fingerprint density at radius 2 is 1.72 bits per heavy atom. The van der Waals surface area contributed by atoms with Gasteiger partial charge in [-0.05, 0) is 76.2 Å². The Labute approximate surface area is 173 Å². The number of ether oxygens (including phenoxy) is 2. The third-order valence-electron chi connectivity index (χ3n) is 7.34. The number of fused-ring (bicyclic) bond motifs is 1. The van der Waals surface area contributed by atoms with Crippen LogP contribution >= 0.6 is 0 Å². The van der Waals surface area contributed by atoms with Crippen LogP contribution in [0.2, 0.25) is 0 Å². The highest BCUT2D eigenvalue weighted by molar-refractivity contribution is 5.90. The molecule has 5 rings (SSSR count). The number of amides is 2. The van der Waals surface area contributed by atoms with Crippen molar-refractivity contribution in [3.8, 4) is 11.5 Å². The van der Waals surface area contributed by atoms with Gasteiger partial charge in [0.25, 0.3) is 5.79 Å². The average molecular weight is 400 g/mol. The molecule has 6 heteroatoms. The molecule has 3 heterocycles. The third kappa shape index (κ3) is 3.91. The molecule has 0 radical (unpaired) electrons. The van der Waals surface area contributed by atoms with Gasteiger partial charge in [0.2, 0.25) is 0 Å². The van der Waals surface area contributed by atoms with E-state index in [1.807, 2.05) is 23.1 Å². The number of rotatable bonds is 2. The average Bonchev–Trinajstić information content (AvgIpc) is 3.34. The maximum Gasteiger partial charge on any atom is 0.321 e. The first kappa shape index (κ1) is 19.0. The molecule has 2 amide bonds. The number of benzene rings is 1. The number of hydrogen-bond donors (Lipinski definition) is 1. The predicted molar refractivity (Wildman–Crippen MR) is 112 cm³/mol. The van der Waals surface area contributed by atoms with Gasteiger partial charge in [-0.15, -0.1) is 0 Å². The van der Waals surface area contributed by atoms with E-state index in [0.29, 0.717) is 5.92 Å². The predicted octanol–water partition coefficient (Wildman–Crippen LogP) is 4.31. The number of carbonyl (C=O) groups is 1. The van der Waals surface area contributed by atoms with Crippen LogP contribution in [0.5, 0.6) is 11.5 Å². The van der Waals surface area contributed by atoms with Gasteiger partial charge >= 0.3 is 6.03 Å². The van der Waals surface area contributed by atoms with Crippen molar-refractivity contribution in [3.05, 3.63) is 18.2 Å². The van der Waals surface area contributed by atoms with Crippen molar-refractivity contribution in [2.45, 2.75) is 57.2 Å². The molecule has 6 nitrogen and oxygen atoms in total. The zero-order valence-corrected chi connectivity index (χ0v) is 17.5. The topological polar surface area (TPSA) is 54.0 Å². The van der Waals surface area contributed by atoms with E-state index in [2.05, 4.69) is 17.3 Å². The van der Waals surface area contributed by atoms with Crippen LogP contribution in [0.25, 0.3) is 0 Å². The lowest BCUT2D eigenvalue weighted by atomic mass is 9.84. The van der Waals surface area contributed by atoms with Gasteiger partial charge in [0.05, 0.1) is 0 Å². The van der Waals surface area contributed by atoms with Crippen molar-refractivity contribution in [2.24, 2.45) is 11.8 Å². The molecule has 0 bridgehead atoms. The molecule has 29 heavy (non-hydrogen) atoms. The second kappa shape index (κ2) is 7.71. The van der Waals surface area contributed by atoms with Gasteiger partial charge < -0.3 is 24.6 Å². The van der Waals surface area contributed by atoms with Gasteiger partial charge in [-0.2, -0.15) is 0 Å². The highest BCUT2D eigenvalue weighted by atomic mass is 16.7. The maximum atomic E-state index is 12.8. The summed E-state index contributed by atoms with van der Waals surface area (Å²) in [5, 5.41) is 3.08. The van der Waals surface area contributed by atoms with E-state index in [-0.39, 0.29) is 6.03 Å². The van der Waals surface area contributed by atoms with Crippen molar-refractivity contribution in [3.63, 3.8) is 0 Å². The van der Waals surface area contributed by atoms with Crippen LogP contribution in [0, 0.1) is 11.8 Å². The molecule has 1 aromatic rings. The summed E-state index contributed by atoms with van der Waals surface area (Å²) < 4.78 is 12.3. The van der Waals surface area contributed by atoms with Crippen LogP contribution in [-0.4, -0.2) is 54.8 Å². The molecule has 3 fully saturated rings. The number of carbonyl (C=O) groups excluding carboxylic acids is 1. The summed E-state index contributed by atoms with van der Waals surface area (Å²) in [5.41, 5.74) is 0.785. The second-order valence-corrected chi connectivity index (χ2v) is 9.40. The number of nitrogens with zero attached hydrogens (tertiary/aromatic N) is 2. The van der Waals surface area contributed by atoms with Crippen LogP contribution < -0.4 is 14.8 Å². The smallest absolute Gasteiger partial charge is 0.321 e. The highest BCUT2D eigenvalue weighted by Gasteiger charge is 2.42. The first-order valence-corrected chi connectivity index (χ1v) is 11.4. The first-order chi connectivity index (χ1) is 14.1. The van der Waals surface area contributed by atoms with Crippen molar-refractivity contribution in [2.75, 3.05) is 38.5 Å². The highest BCUT2D eigenvalue weighted by Crippen LogP contribution is 2.46. The summed E-state index contributed by atoms with van der Waals surface area (Å²) in [6.07, 6.45) is 9.08. The Hall–Kier alpha value is -1.95. The van der Waals surface area contributed by atoms with Gasteiger partial charge in [0.1, 0.15) is 0 Å². The molecular weight excluding hydrogens is 366 g/mol. The van der Waals surface area contributed by atoms with E-state index in [1.165, 1.54) is 32.4 Å². The molecule has 3 aliphatic heterocycles. The molecule has 1 N–H and O–H groups in total. The summed E-state index contributed by atoms with van der Waals surface area (Å²) in [4.78, 5) is 17.2. The summed E-state index contributed by atoms with van der Waals surface area (Å²) in [6.45, 7) is 4.11. The number of hydrogen-bond acceptors (Lipinski definition) is 4. The minimum atomic E-state index is -0.473. The lowest BCUT2D eigenvalue weighted by molar-refractivity contribution is -0.105. The van der Waals surface area contributed by atoms with Gasteiger partial charge in [-0.3, -0.25) is 0 Å². The fraction of sp³-hybridized carbons (Fsp3) is 0.696. The van der Waals surface area contributed by atoms with Crippen molar-refractivity contribution >= 4 is 11.7 Å². The number of piperidine rings is 1. The van der Waals surface area contributed by atoms with Crippen molar-refractivity contribution < 1.29 is 14.3 Å². The van der Waals surface area contributed by atoms with Crippen LogP contribution in [-0.2, 0) is 0 Å². The summed E-state index contributed by atoms with van der Waals surface area (Å²) in [5.74, 6) is 2.50. The lowest BCUT2D eigenvalue weighted by Gasteiger charge is -2.32. The standard InChI is InChI=1S/C23H33N3O3/c1-25-12-7-17(8-13-25)18-9-14-26(16-18)22(27)24-19-5-6-20-21(15-19)29-23(28-20)10-3-2-4-11-23/h5-6,15,17-18H,2-4,7-14,16H2,1H3,(H,24,27). The molecule has 1 atom stereocenters. The fourth-order valence-electron chi connectivity index (χ4n) is 5.53. The van der Waals surface area contributed by atoms with Gasteiger partial charge in [0.15, 0.2) is 11.5 Å². The number of urea groups is 1. The van der Waals surface area contributed by atoms with Crippen molar-refractivity contribution in [1.82, 2.24) is 9.80 Å². The van der Waals surface area contributed by atoms with E-state index >= 15 is 0 Å². The van der Waals surface area contributed by atoms with Crippen molar-refractivity contribution in [1.29, 1.82) is 0 Å². The first-order valence-electron chi connectivity index (χ1n) is 11.4. The van der Waals surface area contributed by atoms with Gasteiger partial charge in [-0.1, -0.05) is 6.42 Å². The molecule has 158 valence electrons. The Balaban J connectivity index is 1.18. The molecule has 4 aliphatic rings. The lowest BCUT2D eigenvalue weighted by Crippen LogP contribution is -2.40. The SMILES string of the molecule is CN1CCC(C2CCN(C(=O)Nc3ccc4c(c3)OC3(CCCCC3)O4)C2)CC1. The fourth-order valence-corrected chi connectivity index (χ4v) is 5.53. The monoisotopic (exact) mass is 399 g/mol. The van der Waals surface area contributed by atoms with Gasteiger partial charge in [-0.25, -0.2) is 4.79 Å². The van der Waals surface area contributed by atoms with Crippen LogP contribution in [0.1, 0.15) is 51.4 Å². The number of anilines is 1. The molecular formula is C23H33N3O3. The van der Waals surface area contributed by atoms with E-state index in [0.717, 1.165) is 68.3 Å². The zero-order chi connectivity index (χ0) is 19.8. The molecule has 1 aromatic carbocycles. The zero-order valence-electron chi connectivity index (χ0n) is 17.5. The second-order valence-electron chi connectivity index (χ2n) is 9.40. The Bertz CT molecular complexity index is 754. The van der Waals surface area contributed by atoms with Crippen LogP contribution in [0.3, 0.4) is 0 Å². The van der Waals surface area contributed by atoms with E-state index in [9.17, 15) is 4.79 Å². The Morgan fingerprint density at radius 1 is 1.00 bits per heavy atom. The maximum absolute atomic E-state index is 12.8. The Morgan fingerprint density at radius 3 is 2.52 bits per heavy atom. The molecule has 2 saturated heterocycles. The van der Waals surface area contributed by atoms with Gasteiger partial charge in [0, 0.05) is 37.7 Å².